The minimum absolute atomic E-state index is 0.0534. The molecule has 0 spiro atoms. The maximum absolute atomic E-state index is 13.4. The number of esters is 1. The lowest BCUT2D eigenvalue weighted by molar-refractivity contribution is -0.151. The van der Waals surface area contributed by atoms with E-state index in [1.165, 1.54) is 11.9 Å². The van der Waals surface area contributed by atoms with Crippen LogP contribution in [0.2, 0.25) is 0 Å². The normalized spacial score (nSPS) is 17.6. The zero-order valence-corrected chi connectivity index (χ0v) is 28.2. The van der Waals surface area contributed by atoms with E-state index in [1.807, 2.05) is 56.3 Å². The van der Waals surface area contributed by atoms with E-state index in [9.17, 15) is 29.1 Å². The van der Waals surface area contributed by atoms with E-state index in [-0.39, 0.29) is 24.7 Å². The SMILES string of the molecule is CCCC(=O)OC(C)C(/C=C/c1ccc2ccc(CC)nc2c1)CC(=O)N[C@H](C(=O)N[C@@H](C)C(=O)N1CCC[C@@H](C(=O)O)N1)C(C)C. The van der Waals surface area contributed by atoms with Crippen molar-refractivity contribution in [2.75, 3.05) is 6.54 Å². The molecule has 1 aliphatic heterocycles. The van der Waals surface area contributed by atoms with Gasteiger partial charge >= 0.3 is 11.9 Å². The van der Waals surface area contributed by atoms with Crippen molar-refractivity contribution >= 4 is 46.6 Å². The maximum atomic E-state index is 13.4. The molecule has 1 saturated heterocycles. The number of aromatic nitrogens is 1. The summed E-state index contributed by atoms with van der Waals surface area (Å²) in [6, 6.07) is 7.17. The number of hydrogen-bond donors (Lipinski definition) is 4. The molecule has 3 rings (SSSR count). The van der Waals surface area contributed by atoms with Crippen LogP contribution in [0.25, 0.3) is 17.0 Å². The molecule has 0 bridgehead atoms. The smallest absolute Gasteiger partial charge is 0.322 e. The molecular weight excluding hydrogens is 602 g/mol. The number of pyridine rings is 1. The average molecular weight is 652 g/mol. The molecule has 12 heteroatoms. The molecule has 0 aliphatic carbocycles. The highest BCUT2D eigenvalue weighted by molar-refractivity contribution is 5.92. The number of nitrogens with zero attached hydrogens (tertiary/aromatic N) is 2. The van der Waals surface area contributed by atoms with E-state index < -0.39 is 53.8 Å². The lowest BCUT2D eigenvalue weighted by Gasteiger charge is -2.34. The van der Waals surface area contributed by atoms with Crippen LogP contribution in [0.5, 0.6) is 0 Å². The van der Waals surface area contributed by atoms with Gasteiger partial charge in [-0.25, -0.2) is 5.43 Å². The highest BCUT2D eigenvalue weighted by Crippen LogP contribution is 2.21. The minimum Gasteiger partial charge on any atom is -0.480 e. The first-order chi connectivity index (χ1) is 22.3. The van der Waals surface area contributed by atoms with Crippen LogP contribution in [0.15, 0.2) is 36.4 Å². The van der Waals surface area contributed by atoms with Gasteiger partial charge in [0.15, 0.2) is 0 Å². The number of rotatable bonds is 15. The van der Waals surface area contributed by atoms with Crippen LogP contribution in [-0.4, -0.2) is 75.5 Å². The van der Waals surface area contributed by atoms with Crippen molar-refractivity contribution in [3.8, 4) is 0 Å². The van der Waals surface area contributed by atoms with Gasteiger partial charge in [-0.05, 0) is 63.1 Å². The fraction of sp³-hybridized carbons (Fsp3) is 0.543. The van der Waals surface area contributed by atoms with Crippen molar-refractivity contribution in [2.24, 2.45) is 11.8 Å². The Morgan fingerprint density at radius 1 is 1.09 bits per heavy atom. The van der Waals surface area contributed by atoms with Gasteiger partial charge in [0.1, 0.15) is 24.2 Å². The number of benzene rings is 1. The molecule has 2 aromatic rings. The summed E-state index contributed by atoms with van der Waals surface area (Å²) < 4.78 is 5.65. The summed E-state index contributed by atoms with van der Waals surface area (Å²) in [6.45, 7) is 11.1. The maximum Gasteiger partial charge on any atom is 0.322 e. The van der Waals surface area contributed by atoms with Crippen molar-refractivity contribution in [1.82, 2.24) is 26.1 Å². The van der Waals surface area contributed by atoms with Crippen LogP contribution in [0.4, 0.5) is 0 Å². The zero-order chi connectivity index (χ0) is 34.7. The van der Waals surface area contributed by atoms with Gasteiger partial charge < -0.3 is 20.5 Å². The van der Waals surface area contributed by atoms with Gasteiger partial charge in [-0.1, -0.05) is 58.0 Å². The number of carboxylic acids is 1. The second-order valence-electron chi connectivity index (χ2n) is 12.5. The summed E-state index contributed by atoms with van der Waals surface area (Å²) in [5.41, 5.74) is 5.43. The van der Waals surface area contributed by atoms with Gasteiger partial charge in [0.2, 0.25) is 11.8 Å². The molecule has 5 atom stereocenters. The number of hydrazine groups is 1. The van der Waals surface area contributed by atoms with Gasteiger partial charge in [0, 0.05) is 36.4 Å². The number of fused-ring (bicyclic) bond motifs is 1. The number of carbonyl (C=O) groups excluding carboxylic acids is 4. The quantitative estimate of drug-likeness (QED) is 0.210. The van der Waals surface area contributed by atoms with E-state index in [0.29, 0.717) is 25.8 Å². The van der Waals surface area contributed by atoms with Gasteiger partial charge in [0.25, 0.3) is 5.91 Å². The number of carboxylic acid groups (broad SMARTS) is 1. The third-order valence-corrected chi connectivity index (χ3v) is 8.21. The minimum atomic E-state index is -1.05. The van der Waals surface area contributed by atoms with E-state index in [4.69, 9.17) is 9.72 Å². The zero-order valence-electron chi connectivity index (χ0n) is 28.2. The lowest BCUT2D eigenvalue weighted by atomic mass is 9.96. The molecule has 47 heavy (non-hydrogen) atoms. The van der Waals surface area contributed by atoms with Crippen LogP contribution in [0, 0.1) is 11.8 Å². The average Bonchev–Trinajstić information content (AvgIpc) is 3.04. The molecule has 1 aromatic heterocycles. The molecule has 1 aromatic carbocycles. The second kappa shape index (κ2) is 17.6. The second-order valence-corrected chi connectivity index (χ2v) is 12.5. The van der Waals surface area contributed by atoms with Crippen LogP contribution in [0.3, 0.4) is 0 Å². The number of amides is 3. The van der Waals surface area contributed by atoms with Gasteiger partial charge in [-0.2, -0.15) is 0 Å². The number of carbonyl (C=O) groups is 5. The predicted octanol–water partition coefficient (Wildman–Crippen LogP) is 3.77. The fourth-order valence-corrected chi connectivity index (χ4v) is 5.36. The summed E-state index contributed by atoms with van der Waals surface area (Å²) in [4.78, 5) is 68.1. The summed E-state index contributed by atoms with van der Waals surface area (Å²) in [5, 5.41) is 17.0. The van der Waals surface area contributed by atoms with Crippen molar-refractivity contribution < 1.29 is 33.8 Å². The molecule has 2 heterocycles. The summed E-state index contributed by atoms with van der Waals surface area (Å²) in [5.74, 6) is -3.63. The summed E-state index contributed by atoms with van der Waals surface area (Å²) >= 11 is 0. The Morgan fingerprint density at radius 2 is 1.81 bits per heavy atom. The van der Waals surface area contributed by atoms with Crippen LogP contribution < -0.4 is 16.1 Å². The molecule has 3 amide bonds. The third kappa shape index (κ3) is 10.9. The Bertz CT molecular complexity index is 1460. The highest BCUT2D eigenvalue weighted by atomic mass is 16.5. The molecule has 4 N–H and O–H groups in total. The standard InChI is InChI=1S/C35H49N5O7/c1-7-10-31(42)47-23(6)26(15-13-24-12-14-25-16-17-27(8-2)37-29(25)19-24)20-30(41)38-32(21(3)4)33(43)36-22(5)34(44)40-18-9-11-28(39-40)35(45)46/h12-17,19,21-23,26,28,32,39H,7-11,18,20H2,1-6H3,(H,36,43)(H,38,41)(H,45,46)/b15-13+/t22-,23?,26?,28-,32-/m0/s1. The highest BCUT2D eigenvalue weighted by Gasteiger charge is 2.33. The molecule has 12 nitrogen and oxygen atoms in total. The van der Waals surface area contributed by atoms with E-state index >= 15 is 0 Å². The molecule has 2 unspecified atom stereocenters. The molecule has 1 aliphatic rings. The van der Waals surface area contributed by atoms with Crippen LogP contribution in [-0.2, 0) is 35.1 Å². The number of hydrogen-bond acceptors (Lipinski definition) is 8. The largest absolute Gasteiger partial charge is 0.480 e. The number of aryl methyl sites for hydroxylation is 1. The van der Waals surface area contributed by atoms with Gasteiger partial charge in [0.05, 0.1) is 5.52 Å². The Labute approximate surface area is 276 Å². The van der Waals surface area contributed by atoms with Gasteiger partial charge in [-0.3, -0.25) is 34.0 Å². The molecule has 0 radical (unpaired) electrons. The molecule has 0 saturated carbocycles. The van der Waals surface area contributed by atoms with Crippen molar-refractivity contribution in [2.45, 2.75) is 104 Å². The Kier molecular flexibility index (Phi) is 13.9. The first-order valence-corrected chi connectivity index (χ1v) is 16.5. The first-order valence-electron chi connectivity index (χ1n) is 16.5. The predicted molar refractivity (Wildman–Crippen MR) is 179 cm³/mol. The third-order valence-electron chi connectivity index (χ3n) is 8.21. The van der Waals surface area contributed by atoms with E-state index in [0.717, 1.165) is 28.6 Å². The number of aliphatic carboxylic acids is 1. The van der Waals surface area contributed by atoms with Crippen molar-refractivity contribution in [3.05, 3.63) is 47.7 Å². The lowest BCUT2D eigenvalue weighted by Crippen LogP contribution is -2.60. The van der Waals surface area contributed by atoms with Gasteiger partial charge in [-0.15, -0.1) is 0 Å². The first kappa shape index (κ1) is 37.1. The Balaban J connectivity index is 1.72. The monoisotopic (exact) mass is 651 g/mol. The van der Waals surface area contributed by atoms with Crippen molar-refractivity contribution in [1.29, 1.82) is 0 Å². The fourth-order valence-electron chi connectivity index (χ4n) is 5.36. The summed E-state index contributed by atoms with van der Waals surface area (Å²) in [6.07, 6.45) is 5.69. The van der Waals surface area contributed by atoms with Crippen LogP contribution in [0.1, 0.15) is 84.9 Å². The number of ether oxygens (including phenoxy) is 1. The molecule has 1 fully saturated rings. The molecule has 256 valence electrons. The van der Waals surface area contributed by atoms with Crippen LogP contribution >= 0.6 is 0 Å². The summed E-state index contributed by atoms with van der Waals surface area (Å²) in [7, 11) is 0. The Morgan fingerprint density at radius 3 is 2.47 bits per heavy atom. The molecular formula is C35H49N5O7. The number of nitrogens with one attached hydrogen (secondary N) is 3. The van der Waals surface area contributed by atoms with E-state index in [2.05, 4.69) is 16.1 Å². The van der Waals surface area contributed by atoms with Crippen molar-refractivity contribution in [3.63, 3.8) is 0 Å². The topological polar surface area (TPSA) is 167 Å². The Hall–Kier alpha value is -4.32. The van der Waals surface area contributed by atoms with E-state index in [1.54, 1.807) is 20.8 Å².